The molecule has 2 nitrogen and oxygen atoms in total. The van der Waals surface area contributed by atoms with Gasteiger partial charge in [0.2, 0.25) is 0 Å². The van der Waals surface area contributed by atoms with Crippen LogP contribution < -0.4 is 10.2 Å². The lowest BCUT2D eigenvalue weighted by molar-refractivity contribution is 0.614. The molecule has 0 aliphatic carbocycles. The summed E-state index contributed by atoms with van der Waals surface area (Å²) in [6, 6.07) is 4.01. The minimum Gasteiger partial charge on any atom is -0.381 e. The molecule has 1 saturated heterocycles. The smallest absolute Gasteiger partial charge is 0.139 e. The lowest BCUT2D eigenvalue weighted by atomic mass is 10.1. The van der Waals surface area contributed by atoms with Crippen LogP contribution in [0.3, 0.4) is 0 Å². The van der Waals surface area contributed by atoms with E-state index in [1.165, 1.54) is 0 Å². The van der Waals surface area contributed by atoms with Gasteiger partial charge in [0.25, 0.3) is 0 Å². The number of rotatable bonds is 0. The third kappa shape index (κ3) is 1.70. The van der Waals surface area contributed by atoms with Crippen LogP contribution in [-0.4, -0.2) is 30.6 Å². The highest BCUT2D eigenvalue weighted by Gasteiger charge is 2.29. The Hall–Kier alpha value is -0.420. The molecule has 1 fully saturated rings. The average Bonchev–Trinajstić information content (AvgIpc) is 2.31. The lowest BCUT2D eigenvalue weighted by Gasteiger charge is -2.42. The molecule has 0 bridgehead atoms. The van der Waals surface area contributed by atoms with E-state index in [0.717, 1.165) is 36.0 Å². The molecule has 1 N–H and O–H groups in total. The van der Waals surface area contributed by atoms with Crippen molar-refractivity contribution < 1.29 is 4.39 Å². The number of halogens is 2. The van der Waals surface area contributed by atoms with E-state index < -0.39 is 0 Å². The molecule has 0 radical (unpaired) electrons. The molecule has 2 aliphatic heterocycles. The zero-order valence-corrected chi connectivity index (χ0v) is 11.1. The van der Waals surface area contributed by atoms with E-state index in [2.05, 4.69) is 26.1 Å². The predicted molar refractivity (Wildman–Crippen MR) is 71.0 cm³/mol. The van der Waals surface area contributed by atoms with Crippen LogP contribution in [0.4, 0.5) is 15.8 Å². The minimum atomic E-state index is -0.198. The maximum absolute atomic E-state index is 13.4. The van der Waals surface area contributed by atoms with E-state index >= 15 is 0 Å². The van der Waals surface area contributed by atoms with E-state index in [1.54, 1.807) is 6.07 Å². The third-order valence-corrected chi connectivity index (χ3v) is 4.80. The molecule has 1 aromatic rings. The first kappa shape index (κ1) is 10.7. The SMILES string of the molecule is Fc1cc2c(cc1Br)N1CCSCC1CN2. The van der Waals surface area contributed by atoms with Gasteiger partial charge in [-0.3, -0.25) is 0 Å². The molecule has 2 heterocycles. The molecule has 86 valence electrons. The maximum Gasteiger partial charge on any atom is 0.139 e. The van der Waals surface area contributed by atoms with Gasteiger partial charge in [0.1, 0.15) is 5.82 Å². The normalized spacial score (nSPS) is 23.4. The van der Waals surface area contributed by atoms with Crippen molar-refractivity contribution in [2.24, 2.45) is 0 Å². The Morgan fingerprint density at radius 1 is 1.50 bits per heavy atom. The molecular weight excluding hydrogens is 291 g/mol. The van der Waals surface area contributed by atoms with Gasteiger partial charge >= 0.3 is 0 Å². The zero-order valence-electron chi connectivity index (χ0n) is 8.67. The van der Waals surface area contributed by atoms with Crippen LogP contribution in [0.25, 0.3) is 0 Å². The number of nitrogens with one attached hydrogen (secondary N) is 1. The maximum atomic E-state index is 13.4. The molecule has 0 aromatic heterocycles. The minimum absolute atomic E-state index is 0.198. The van der Waals surface area contributed by atoms with Crippen LogP contribution in [0.2, 0.25) is 0 Å². The van der Waals surface area contributed by atoms with Gasteiger partial charge in [-0.2, -0.15) is 11.8 Å². The molecule has 0 amide bonds. The first-order valence-corrected chi connectivity index (χ1v) is 7.28. The van der Waals surface area contributed by atoms with Crippen LogP contribution >= 0.6 is 27.7 Å². The van der Waals surface area contributed by atoms with Crippen LogP contribution in [0.1, 0.15) is 0 Å². The molecule has 1 aromatic carbocycles. The predicted octanol–water partition coefficient (Wildman–Crippen LogP) is 2.94. The highest BCUT2D eigenvalue weighted by Crippen LogP contribution is 2.37. The molecule has 1 unspecified atom stereocenters. The summed E-state index contributed by atoms with van der Waals surface area (Å²) in [6.45, 7) is 1.98. The number of hydrogen-bond acceptors (Lipinski definition) is 3. The molecular formula is C11H12BrFN2S. The van der Waals surface area contributed by atoms with Crippen molar-refractivity contribution in [3.05, 3.63) is 22.4 Å². The quantitative estimate of drug-likeness (QED) is 0.793. The summed E-state index contributed by atoms with van der Waals surface area (Å²) in [5, 5.41) is 3.31. The zero-order chi connectivity index (χ0) is 11.1. The van der Waals surface area contributed by atoms with Gasteiger partial charge in [-0.1, -0.05) is 0 Å². The summed E-state index contributed by atoms with van der Waals surface area (Å²) < 4.78 is 14.0. The second-order valence-electron chi connectivity index (χ2n) is 4.09. The Balaban J connectivity index is 2.04. The van der Waals surface area contributed by atoms with Crippen molar-refractivity contribution in [2.45, 2.75) is 6.04 Å². The Bertz CT molecular complexity index is 427. The van der Waals surface area contributed by atoms with Crippen LogP contribution in [0, 0.1) is 5.82 Å². The van der Waals surface area contributed by atoms with Crippen molar-refractivity contribution in [2.75, 3.05) is 34.8 Å². The van der Waals surface area contributed by atoms with Crippen molar-refractivity contribution in [1.82, 2.24) is 0 Å². The molecule has 16 heavy (non-hydrogen) atoms. The molecule has 0 saturated carbocycles. The number of benzene rings is 1. The monoisotopic (exact) mass is 302 g/mol. The van der Waals surface area contributed by atoms with Gasteiger partial charge in [0, 0.05) is 30.7 Å². The third-order valence-electron chi connectivity index (χ3n) is 3.10. The fraction of sp³-hybridized carbons (Fsp3) is 0.455. The fourth-order valence-electron chi connectivity index (χ4n) is 2.28. The van der Waals surface area contributed by atoms with Gasteiger partial charge in [-0.05, 0) is 22.0 Å². The summed E-state index contributed by atoms with van der Waals surface area (Å²) in [4.78, 5) is 2.40. The topological polar surface area (TPSA) is 15.3 Å². The van der Waals surface area contributed by atoms with Crippen molar-refractivity contribution in [3.8, 4) is 0 Å². The van der Waals surface area contributed by atoms with Crippen LogP contribution in [-0.2, 0) is 0 Å². The van der Waals surface area contributed by atoms with E-state index in [0.29, 0.717) is 10.5 Å². The summed E-state index contributed by atoms with van der Waals surface area (Å²) in [5.41, 5.74) is 2.05. The number of fused-ring (bicyclic) bond motifs is 3. The van der Waals surface area contributed by atoms with E-state index in [1.807, 2.05) is 17.8 Å². The second-order valence-corrected chi connectivity index (χ2v) is 6.09. The van der Waals surface area contributed by atoms with E-state index in [9.17, 15) is 4.39 Å². The van der Waals surface area contributed by atoms with Crippen molar-refractivity contribution in [1.29, 1.82) is 0 Å². The van der Waals surface area contributed by atoms with Crippen molar-refractivity contribution in [3.63, 3.8) is 0 Å². The van der Waals surface area contributed by atoms with Gasteiger partial charge < -0.3 is 10.2 Å². The first-order valence-electron chi connectivity index (χ1n) is 5.33. The number of anilines is 2. The van der Waals surface area contributed by atoms with E-state index in [-0.39, 0.29) is 5.82 Å². The van der Waals surface area contributed by atoms with Gasteiger partial charge in [0.05, 0.1) is 21.9 Å². The van der Waals surface area contributed by atoms with Gasteiger partial charge in [0.15, 0.2) is 0 Å². The summed E-state index contributed by atoms with van der Waals surface area (Å²) in [7, 11) is 0. The average molecular weight is 303 g/mol. The summed E-state index contributed by atoms with van der Waals surface area (Å²) in [5.74, 6) is 2.11. The molecule has 1 atom stereocenters. The van der Waals surface area contributed by atoms with Gasteiger partial charge in [-0.15, -0.1) is 0 Å². The first-order chi connectivity index (χ1) is 7.75. The standard InChI is InChI=1S/C11H12BrFN2S/c12-8-3-11-10(4-9(8)13)14-5-7-6-16-2-1-15(7)11/h3-4,7,14H,1-2,5-6H2. The van der Waals surface area contributed by atoms with E-state index in [4.69, 9.17) is 0 Å². The Morgan fingerprint density at radius 2 is 2.38 bits per heavy atom. The molecule has 5 heteroatoms. The Kier molecular flexibility index (Phi) is 2.75. The highest BCUT2D eigenvalue weighted by atomic mass is 79.9. The number of nitrogens with zero attached hydrogens (tertiary/aromatic N) is 1. The number of hydrogen-bond donors (Lipinski definition) is 1. The van der Waals surface area contributed by atoms with Crippen molar-refractivity contribution >= 4 is 39.1 Å². The Morgan fingerprint density at radius 3 is 3.25 bits per heavy atom. The highest BCUT2D eigenvalue weighted by molar-refractivity contribution is 9.10. The molecule has 3 rings (SSSR count). The van der Waals surface area contributed by atoms with Crippen LogP contribution in [0.15, 0.2) is 16.6 Å². The second kappa shape index (κ2) is 4.11. The fourth-order valence-corrected chi connectivity index (χ4v) is 3.68. The molecule has 2 aliphatic rings. The lowest BCUT2D eigenvalue weighted by Crippen LogP contribution is -2.49. The Labute approximate surface area is 107 Å². The molecule has 0 spiro atoms. The summed E-state index contributed by atoms with van der Waals surface area (Å²) >= 11 is 5.25. The largest absolute Gasteiger partial charge is 0.381 e. The van der Waals surface area contributed by atoms with Gasteiger partial charge in [-0.25, -0.2) is 4.39 Å². The summed E-state index contributed by atoms with van der Waals surface area (Å²) in [6.07, 6.45) is 0. The van der Waals surface area contributed by atoms with Crippen LogP contribution in [0.5, 0.6) is 0 Å². The number of thioether (sulfide) groups is 1.